The third-order valence-corrected chi connectivity index (χ3v) is 9.33. The molecule has 0 bridgehead atoms. The van der Waals surface area contributed by atoms with Crippen LogP contribution in [0.3, 0.4) is 0 Å². The Kier molecular flexibility index (Phi) is 5.69. The van der Waals surface area contributed by atoms with Crippen LogP contribution in [0, 0.1) is 5.41 Å². The van der Waals surface area contributed by atoms with Crippen LogP contribution in [-0.4, -0.2) is 97.3 Å². The molecule has 0 radical (unpaired) electrons. The highest BCUT2D eigenvalue weighted by atomic mass is 32.1. The van der Waals surface area contributed by atoms with Crippen LogP contribution >= 0.6 is 25.3 Å². The third-order valence-electron chi connectivity index (χ3n) is 8.14. The van der Waals surface area contributed by atoms with Crippen molar-refractivity contribution in [3.63, 3.8) is 0 Å². The van der Waals surface area contributed by atoms with Gasteiger partial charge in [0.1, 0.15) is 0 Å². The molecule has 3 aliphatic heterocycles. The van der Waals surface area contributed by atoms with E-state index in [0.29, 0.717) is 0 Å². The maximum atomic E-state index is 13.8. The highest BCUT2D eigenvalue weighted by Gasteiger charge is 2.83. The zero-order chi connectivity index (χ0) is 26.5. The van der Waals surface area contributed by atoms with Crippen LogP contribution in [0.5, 0.6) is 0 Å². The average Bonchev–Trinajstić information content (AvgIpc) is 3.20. The number of Topliss-reactive ketones (excluding diaryl/α,β-unsaturated/α-hetero) is 1. The lowest BCUT2D eigenvalue weighted by atomic mass is 9.76. The summed E-state index contributed by atoms with van der Waals surface area (Å²) in [5.41, 5.74) is -4.54. The van der Waals surface area contributed by atoms with Crippen molar-refractivity contribution in [2.45, 2.75) is 86.7 Å². The van der Waals surface area contributed by atoms with Gasteiger partial charge in [0.15, 0.2) is 32.8 Å². The summed E-state index contributed by atoms with van der Waals surface area (Å²) < 4.78 is 17.7. The standard InChI is InChI=1S/C22H30N2O9S2/c1-10-18(4,5)14(28)19(32-10)7-13-20(33-12(3)27,15(19)31-11(2)26)8-21(34)16(29)23(6)22(35,9-25)17(30)24(13)21/h10,13,15,25,34-35H,7-9H2,1-6H3/t10-,13-,15-,19+,20+,21-,22-/m1/s1. The number of rotatable bonds is 3. The summed E-state index contributed by atoms with van der Waals surface area (Å²) in [6, 6.07) is -1.14. The first-order valence-corrected chi connectivity index (χ1v) is 12.1. The molecular formula is C22H30N2O9S2. The molecule has 194 valence electrons. The predicted molar refractivity (Wildman–Crippen MR) is 125 cm³/mol. The molecule has 1 spiro atoms. The molecule has 0 aromatic heterocycles. The summed E-state index contributed by atoms with van der Waals surface area (Å²) in [6.07, 6.45) is -2.64. The van der Waals surface area contributed by atoms with Gasteiger partial charge in [-0.2, -0.15) is 0 Å². The number of aliphatic hydroxyl groups excluding tert-OH is 1. The number of fused-ring (bicyclic) bond motifs is 3. The van der Waals surface area contributed by atoms with Gasteiger partial charge in [0, 0.05) is 33.7 Å². The van der Waals surface area contributed by atoms with E-state index in [1.54, 1.807) is 20.8 Å². The van der Waals surface area contributed by atoms with E-state index in [1.165, 1.54) is 7.05 Å². The number of ether oxygens (including phenoxy) is 3. The first-order chi connectivity index (χ1) is 16.0. The van der Waals surface area contributed by atoms with Gasteiger partial charge in [0.05, 0.1) is 24.2 Å². The van der Waals surface area contributed by atoms with Crippen LogP contribution in [0.1, 0.15) is 47.5 Å². The topological polar surface area (TPSA) is 140 Å². The van der Waals surface area contributed by atoms with Crippen molar-refractivity contribution in [1.29, 1.82) is 0 Å². The first kappa shape index (κ1) is 26.2. The summed E-state index contributed by atoms with van der Waals surface area (Å²) in [6.45, 7) is 6.59. The molecule has 1 aliphatic carbocycles. The van der Waals surface area contributed by atoms with E-state index < -0.39 is 75.0 Å². The number of esters is 2. The molecule has 1 saturated carbocycles. The number of ketones is 1. The van der Waals surface area contributed by atoms with E-state index in [1.807, 2.05) is 0 Å². The average molecular weight is 531 g/mol. The Balaban J connectivity index is 1.97. The summed E-state index contributed by atoms with van der Waals surface area (Å²) in [5, 5.41) is 10.0. The van der Waals surface area contributed by atoms with Gasteiger partial charge in [-0.05, 0) is 6.92 Å². The van der Waals surface area contributed by atoms with Gasteiger partial charge in [-0.3, -0.25) is 24.0 Å². The number of carbonyl (C=O) groups is 5. The number of amides is 2. The lowest BCUT2D eigenvalue weighted by molar-refractivity contribution is -0.202. The summed E-state index contributed by atoms with van der Waals surface area (Å²) >= 11 is 8.92. The number of likely N-dealkylation sites (N-methyl/N-ethyl adjacent to an activating group) is 1. The number of carbonyl (C=O) groups excluding carboxylic acids is 5. The number of thiol groups is 2. The Bertz CT molecular complexity index is 1050. The SMILES string of the molecule is CC(=O)O[C@H]1[C@]2(OC(C)=O)C[C@@]3(S)C(=O)N(C)[C@@](S)(CO)C(=O)N3[C@@H]2C[C@@]12O[C@H](C)C(C)(C)C2=O. The fourth-order valence-corrected chi connectivity index (χ4v) is 7.00. The molecule has 11 nitrogen and oxygen atoms in total. The van der Waals surface area contributed by atoms with Crippen LogP contribution in [0.4, 0.5) is 0 Å². The number of hydrogen-bond acceptors (Lipinski definition) is 11. The van der Waals surface area contributed by atoms with Crippen molar-refractivity contribution in [2.75, 3.05) is 13.7 Å². The van der Waals surface area contributed by atoms with E-state index >= 15 is 0 Å². The molecule has 13 heteroatoms. The second-order valence-electron chi connectivity index (χ2n) is 10.5. The Labute approximate surface area is 213 Å². The normalized spacial score (nSPS) is 44.0. The van der Waals surface area contributed by atoms with Gasteiger partial charge in [-0.25, -0.2) is 0 Å². The molecule has 1 N–H and O–H groups in total. The zero-order valence-corrected chi connectivity index (χ0v) is 22.1. The van der Waals surface area contributed by atoms with Crippen LogP contribution < -0.4 is 0 Å². The molecule has 4 aliphatic rings. The fourth-order valence-electron chi connectivity index (χ4n) is 6.17. The summed E-state index contributed by atoms with van der Waals surface area (Å²) in [7, 11) is 1.31. The molecule has 3 saturated heterocycles. The minimum atomic E-state index is -1.92. The maximum absolute atomic E-state index is 13.8. The summed E-state index contributed by atoms with van der Waals surface area (Å²) in [5.74, 6) is -3.35. The second kappa shape index (κ2) is 7.59. The van der Waals surface area contributed by atoms with Crippen molar-refractivity contribution in [1.82, 2.24) is 9.80 Å². The highest BCUT2D eigenvalue weighted by molar-refractivity contribution is 7.83. The van der Waals surface area contributed by atoms with E-state index in [2.05, 4.69) is 25.3 Å². The van der Waals surface area contributed by atoms with Gasteiger partial charge >= 0.3 is 11.9 Å². The second-order valence-corrected chi connectivity index (χ2v) is 11.9. The van der Waals surface area contributed by atoms with Crippen molar-refractivity contribution in [3.8, 4) is 0 Å². The van der Waals surface area contributed by atoms with Gasteiger partial charge in [-0.1, -0.05) is 13.8 Å². The summed E-state index contributed by atoms with van der Waals surface area (Å²) in [4.78, 5) is 64.2. The predicted octanol–water partition coefficient (Wildman–Crippen LogP) is -0.306. The number of piperazine rings is 1. The molecule has 0 unspecified atom stereocenters. The van der Waals surface area contributed by atoms with Crippen molar-refractivity contribution >= 4 is 54.8 Å². The molecule has 4 fully saturated rings. The minimum Gasteiger partial charge on any atom is -0.455 e. The van der Waals surface area contributed by atoms with Crippen LogP contribution in [0.2, 0.25) is 0 Å². The minimum absolute atomic E-state index is 0.217. The smallest absolute Gasteiger partial charge is 0.303 e. The molecular weight excluding hydrogens is 500 g/mol. The van der Waals surface area contributed by atoms with Gasteiger partial charge in [0.2, 0.25) is 0 Å². The van der Waals surface area contributed by atoms with E-state index in [9.17, 15) is 29.1 Å². The Morgan fingerprint density at radius 1 is 1.14 bits per heavy atom. The van der Waals surface area contributed by atoms with Gasteiger partial charge in [0.25, 0.3) is 11.8 Å². The van der Waals surface area contributed by atoms with Gasteiger partial charge < -0.3 is 29.1 Å². The van der Waals surface area contributed by atoms with Gasteiger partial charge in [-0.15, -0.1) is 25.3 Å². The molecule has 35 heavy (non-hydrogen) atoms. The van der Waals surface area contributed by atoms with Crippen LogP contribution in [-0.2, 0) is 38.2 Å². The maximum Gasteiger partial charge on any atom is 0.303 e. The Morgan fingerprint density at radius 2 is 1.74 bits per heavy atom. The number of aliphatic hydroxyl groups is 1. The van der Waals surface area contributed by atoms with E-state index in [-0.39, 0.29) is 18.6 Å². The quantitative estimate of drug-likeness (QED) is 0.331. The van der Waals surface area contributed by atoms with Crippen LogP contribution in [0.15, 0.2) is 0 Å². The Hall–Kier alpha value is -1.83. The van der Waals surface area contributed by atoms with E-state index in [4.69, 9.17) is 14.2 Å². The number of hydrogen-bond donors (Lipinski definition) is 3. The lowest BCUT2D eigenvalue weighted by Gasteiger charge is -2.51. The van der Waals surface area contributed by atoms with Crippen molar-refractivity contribution < 1.29 is 43.3 Å². The molecule has 4 rings (SSSR count). The van der Waals surface area contributed by atoms with E-state index in [0.717, 1.165) is 23.6 Å². The first-order valence-electron chi connectivity index (χ1n) is 11.2. The fraction of sp³-hybridized carbons (Fsp3) is 0.773. The molecule has 0 aromatic rings. The largest absolute Gasteiger partial charge is 0.455 e. The van der Waals surface area contributed by atoms with Crippen molar-refractivity contribution in [2.24, 2.45) is 5.41 Å². The molecule has 0 aromatic carbocycles. The molecule has 7 atom stereocenters. The number of nitrogens with zero attached hydrogens (tertiary/aromatic N) is 2. The monoisotopic (exact) mass is 530 g/mol. The lowest BCUT2D eigenvalue weighted by Crippen LogP contribution is -2.73. The third kappa shape index (κ3) is 3.04. The molecule has 2 amide bonds. The highest BCUT2D eigenvalue weighted by Crippen LogP contribution is 2.63. The molecule has 3 heterocycles. The van der Waals surface area contributed by atoms with Crippen LogP contribution in [0.25, 0.3) is 0 Å². The zero-order valence-electron chi connectivity index (χ0n) is 20.4. The Morgan fingerprint density at radius 3 is 2.20 bits per heavy atom. The van der Waals surface area contributed by atoms with Crippen molar-refractivity contribution in [3.05, 3.63) is 0 Å².